The van der Waals surface area contributed by atoms with E-state index < -0.39 is 18.5 Å². The van der Waals surface area contributed by atoms with Gasteiger partial charge in [0, 0.05) is 16.3 Å². The number of nitriles is 1. The van der Waals surface area contributed by atoms with Crippen molar-refractivity contribution >= 4 is 35.2 Å². The van der Waals surface area contributed by atoms with Gasteiger partial charge >= 0.3 is 5.97 Å². The first-order valence-electron chi connectivity index (χ1n) is 7.54. The van der Waals surface area contributed by atoms with Crippen molar-refractivity contribution in [2.24, 2.45) is 0 Å². The second-order valence-corrected chi connectivity index (χ2v) is 5.66. The number of halogens is 1. The molecule has 0 saturated carbocycles. The van der Waals surface area contributed by atoms with Crippen LogP contribution in [-0.2, 0) is 9.59 Å². The van der Waals surface area contributed by atoms with Crippen LogP contribution in [0.3, 0.4) is 0 Å². The maximum Gasteiger partial charge on any atom is 0.341 e. The smallest absolute Gasteiger partial charge is 0.341 e. The highest BCUT2D eigenvalue weighted by atomic mass is 35.5. The highest BCUT2D eigenvalue weighted by molar-refractivity contribution is 6.31. The van der Waals surface area contributed by atoms with Crippen LogP contribution in [0.25, 0.3) is 6.08 Å². The average Bonchev–Trinajstić information content (AvgIpc) is 2.62. The van der Waals surface area contributed by atoms with Gasteiger partial charge in [-0.15, -0.1) is 0 Å². The number of nitrogens with zero attached hydrogens (tertiary/aromatic N) is 1. The molecule has 0 bridgehead atoms. The number of hydrogen-bond acceptors (Lipinski definition) is 4. The lowest BCUT2D eigenvalue weighted by atomic mass is 10.1. The molecule has 0 spiro atoms. The molecular weight excluding hydrogens is 356 g/mol. The molecule has 0 saturated heterocycles. The molecule has 0 aromatic heterocycles. The number of nitrogens with one attached hydrogen (secondary N) is 1. The number of hydrogen-bond donors (Lipinski definition) is 2. The predicted molar refractivity (Wildman–Crippen MR) is 98.0 cm³/mol. The molecule has 6 nitrogen and oxygen atoms in total. The summed E-state index contributed by atoms with van der Waals surface area (Å²) in [5, 5.41) is 21.2. The molecule has 0 aliphatic rings. The molecule has 26 heavy (non-hydrogen) atoms. The largest absolute Gasteiger partial charge is 0.481 e. The van der Waals surface area contributed by atoms with Gasteiger partial charge in [0.1, 0.15) is 17.4 Å². The zero-order valence-electron chi connectivity index (χ0n) is 13.8. The normalized spacial score (nSPS) is 10.7. The Morgan fingerprint density at radius 3 is 2.69 bits per heavy atom. The molecule has 7 heteroatoms. The number of benzene rings is 2. The summed E-state index contributed by atoms with van der Waals surface area (Å²) in [7, 11) is 0. The summed E-state index contributed by atoms with van der Waals surface area (Å²) < 4.78 is 5.17. The quantitative estimate of drug-likeness (QED) is 0.597. The van der Waals surface area contributed by atoms with Crippen molar-refractivity contribution in [3.05, 3.63) is 64.2 Å². The van der Waals surface area contributed by atoms with Crippen LogP contribution in [0.5, 0.6) is 5.75 Å². The van der Waals surface area contributed by atoms with Gasteiger partial charge in [-0.25, -0.2) is 4.79 Å². The molecule has 0 fully saturated rings. The Kier molecular flexibility index (Phi) is 6.36. The van der Waals surface area contributed by atoms with Crippen molar-refractivity contribution in [1.29, 1.82) is 5.26 Å². The zero-order valence-corrected chi connectivity index (χ0v) is 14.6. The summed E-state index contributed by atoms with van der Waals surface area (Å²) >= 11 is 6.03. The summed E-state index contributed by atoms with van der Waals surface area (Å²) in [5.41, 5.74) is 1.45. The van der Waals surface area contributed by atoms with E-state index in [2.05, 4.69) is 5.32 Å². The lowest BCUT2D eigenvalue weighted by molar-refractivity contribution is -0.139. The number of aliphatic carboxylic acids is 1. The molecule has 0 atom stereocenters. The molecule has 2 aromatic rings. The van der Waals surface area contributed by atoms with Gasteiger partial charge in [0.2, 0.25) is 0 Å². The van der Waals surface area contributed by atoms with E-state index in [1.165, 1.54) is 6.08 Å². The van der Waals surface area contributed by atoms with Gasteiger partial charge in [0.05, 0.1) is 0 Å². The fourth-order valence-corrected chi connectivity index (χ4v) is 2.28. The summed E-state index contributed by atoms with van der Waals surface area (Å²) in [5.74, 6) is -1.47. The van der Waals surface area contributed by atoms with Crippen molar-refractivity contribution in [1.82, 2.24) is 0 Å². The Labute approximate surface area is 155 Å². The molecule has 0 radical (unpaired) electrons. The second kappa shape index (κ2) is 8.70. The SMILES string of the molecule is Cc1c(Cl)cccc1NC(=O)/C(C#N)=C\c1ccccc1OCC(=O)O. The Hall–Kier alpha value is -3.30. The van der Waals surface area contributed by atoms with Crippen LogP contribution < -0.4 is 10.1 Å². The molecule has 2 N–H and O–H groups in total. The minimum atomic E-state index is -1.13. The van der Waals surface area contributed by atoms with Gasteiger partial charge < -0.3 is 15.2 Å². The van der Waals surface area contributed by atoms with E-state index in [1.54, 1.807) is 49.4 Å². The zero-order chi connectivity index (χ0) is 19.1. The average molecular weight is 371 g/mol. The van der Waals surface area contributed by atoms with E-state index in [-0.39, 0.29) is 11.3 Å². The number of carboxylic acid groups (broad SMARTS) is 1. The van der Waals surface area contributed by atoms with Crippen LogP contribution in [0.1, 0.15) is 11.1 Å². The third-order valence-electron chi connectivity index (χ3n) is 3.45. The summed E-state index contributed by atoms with van der Waals surface area (Å²) in [6, 6.07) is 13.4. The van der Waals surface area contributed by atoms with Crippen LogP contribution in [0.15, 0.2) is 48.0 Å². The number of rotatable bonds is 6. The predicted octanol–water partition coefficient (Wildman–Crippen LogP) is 3.66. The van der Waals surface area contributed by atoms with Crippen molar-refractivity contribution < 1.29 is 19.4 Å². The molecule has 2 rings (SSSR count). The van der Waals surface area contributed by atoms with Gasteiger partial charge in [-0.1, -0.05) is 35.9 Å². The van der Waals surface area contributed by atoms with Gasteiger partial charge in [0.25, 0.3) is 5.91 Å². The van der Waals surface area contributed by atoms with Gasteiger partial charge in [0.15, 0.2) is 6.61 Å². The maximum absolute atomic E-state index is 12.4. The van der Waals surface area contributed by atoms with Crippen LogP contribution >= 0.6 is 11.6 Å². The van der Waals surface area contributed by atoms with Crippen molar-refractivity contribution in [2.45, 2.75) is 6.92 Å². The highest BCUT2D eigenvalue weighted by Gasteiger charge is 2.13. The van der Waals surface area contributed by atoms with Gasteiger partial charge in [-0.05, 0) is 36.8 Å². The first kappa shape index (κ1) is 19.0. The number of amides is 1. The fraction of sp³-hybridized carbons (Fsp3) is 0.105. The summed E-state index contributed by atoms with van der Waals surface area (Å²) in [6.07, 6.45) is 1.34. The Bertz CT molecular complexity index is 916. The lowest BCUT2D eigenvalue weighted by Gasteiger charge is -2.10. The van der Waals surface area contributed by atoms with Gasteiger partial charge in [-0.2, -0.15) is 5.26 Å². The number of ether oxygens (including phenoxy) is 1. The molecule has 0 aliphatic carbocycles. The summed E-state index contributed by atoms with van der Waals surface area (Å²) in [4.78, 5) is 23.1. The van der Waals surface area contributed by atoms with E-state index >= 15 is 0 Å². The van der Waals surface area contributed by atoms with Crippen LogP contribution in [0.2, 0.25) is 5.02 Å². The lowest BCUT2D eigenvalue weighted by Crippen LogP contribution is -2.14. The van der Waals surface area contributed by atoms with Crippen LogP contribution in [-0.4, -0.2) is 23.6 Å². The van der Waals surface area contributed by atoms with Crippen LogP contribution in [0, 0.1) is 18.3 Å². The maximum atomic E-state index is 12.4. The molecule has 0 aliphatic heterocycles. The van der Waals surface area contributed by atoms with E-state index in [0.717, 1.165) is 0 Å². The summed E-state index contributed by atoms with van der Waals surface area (Å²) in [6.45, 7) is 1.23. The molecule has 132 valence electrons. The number of carbonyl (C=O) groups is 2. The first-order valence-corrected chi connectivity index (χ1v) is 7.92. The fourth-order valence-electron chi connectivity index (χ4n) is 2.11. The minimum absolute atomic E-state index is 0.157. The first-order chi connectivity index (χ1) is 12.4. The molecule has 0 unspecified atom stereocenters. The van der Waals surface area contributed by atoms with Crippen molar-refractivity contribution in [3.8, 4) is 11.8 Å². The van der Waals surface area contributed by atoms with E-state index in [0.29, 0.717) is 21.8 Å². The number of para-hydroxylation sites is 1. The standard InChI is InChI=1S/C19H15ClN2O4/c1-12-15(20)6-4-7-16(12)22-19(25)14(10-21)9-13-5-2-3-8-17(13)26-11-18(23)24/h2-9H,11H2,1H3,(H,22,25)(H,23,24)/b14-9-. The highest BCUT2D eigenvalue weighted by Crippen LogP contribution is 2.24. The third kappa shape index (κ3) is 4.85. The van der Waals surface area contributed by atoms with E-state index in [1.807, 2.05) is 6.07 Å². The van der Waals surface area contributed by atoms with Crippen molar-refractivity contribution in [2.75, 3.05) is 11.9 Å². The molecule has 2 aromatic carbocycles. The number of anilines is 1. The van der Waals surface area contributed by atoms with Gasteiger partial charge in [-0.3, -0.25) is 4.79 Å². The Balaban J connectivity index is 2.28. The monoisotopic (exact) mass is 370 g/mol. The number of carboxylic acids is 1. The Morgan fingerprint density at radius 1 is 1.27 bits per heavy atom. The Morgan fingerprint density at radius 2 is 2.00 bits per heavy atom. The van der Waals surface area contributed by atoms with E-state index in [9.17, 15) is 14.9 Å². The molecule has 1 amide bonds. The molecule has 0 heterocycles. The van der Waals surface area contributed by atoms with E-state index in [4.69, 9.17) is 21.4 Å². The van der Waals surface area contributed by atoms with Crippen molar-refractivity contribution in [3.63, 3.8) is 0 Å². The number of carbonyl (C=O) groups excluding carboxylic acids is 1. The molecular formula is C19H15ClN2O4. The third-order valence-corrected chi connectivity index (χ3v) is 3.86. The second-order valence-electron chi connectivity index (χ2n) is 5.26. The topological polar surface area (TPSA) is 99.4 Å². The minimum Gasteiger partial charge on any atom is -0.481 e. The van der Waals surface area contributed by atoms with Crippen LogP contribution in [0.4, 0.5) is 5.69 Å².